The fourth-order valence-corrected chi connectivity index (χ4v) is 2.05. The van der Waals surface area contributed by atoms with Gasteiger partial charge in [0.1, 0.15) is 5.76 Å². The van der Waals surface area contributed by atoms with Gasteiger partial charge in [-0.25, -0.2) is 4.79 Å². The number of amides is 1. The normalized spacial score (nSPS) is 17.4. The molecule has 94 valence electrons. The van der Waals surface area contributed by atoms with Crippen LogP contribution in [-0.2, 0) is 6.54 Å². The van der Waals surface area contributed by atoms with E-state index in [-0.39, 0.29) is 0 Å². The maximum atomic E-state index is 10.8. The van der Waals surface area contributed by atoms with Gasteiger partial charge in [-0.15, -0.1) is 0 Å². The van der Waals surface area contributed by atoms with Crippen LogP contribution in [0.25, 0.3) is 0 Å². The number of hydrogen-bond donors (Lipinski definition) is 1. The summed E-state index contributed by atoms with van der Waals surface area (Å²) in [5.74, 6) is 0.850. The van der Waals surface area contributed by atoms with E-state index in [1.54, 1.807) is 0 Å². The molecule has 0 spiro atoms. The van der Waals surface area contributed by atoms with E-state index >= 15 is 0 Å². The van der Waals surface area contributed by atoms with Gasteiger partial charge in [0.05, 0.1) is 5.69 Å². The Morgan fingerprint density at radius 2 is 2.00 bits per heavy atom. The molecule has 1 fully saturated rings. The quantitative estimate of drug-likeness (QED) is 0.836. The van der Waals surface area contributed by atoms with E-state index in [0.717, 1.165) is 36.7 Å². The maximum absolute atomic E-state index is 10.8. The van der Waals surface area contributed by atoms with Crippen molar-refractivity contribution in [3.05, 3.63) is 17.0 Å². The third kappa shape index (κ3) is 2.58. The topological polar surface area (TPSA) is 69.8 Å². The molecule has 0 radical (unpaired) electrons. The SMILES string of the molecule is Cc1noc(C)c1CN1CCN(C(=O)O)CC1. The molecule has 0 saturated carbocycles. The minimum atomic E-state index is -0.831. The molecule has 1 aromatic rings. The van der Waals surface area contributed by atoms with Crippen molar-refractivity contribution in [1.82, 2.24) is 15.0 Å². The zero-order valence-electron chi connectivity index (χ0n) is 10.1. The van der Waals surface area contributed by atoms with Crippen LogP contribution in [0.1, 0.15) is 17.0 Å². The first-order valence-corrected chi connectivity index (χ1v) is 5.70. The van der Waals surface area contributed by atoms with Gasteiger partial charge in [0, 0.05) is 38.3 Å². The fraction of sp³-hybridized carbons (Fsp3) is 0.636. The molecular formula is C11H17N3O3. The van der Waals surface area contributed by atoms with E-state index in [1.807, 2.05) is 13.8 Å². The first-order chi connectivity index (χ1) is 8.08. The lowest BCUT2D eigenvalue weighted by atomic mass is 10.2. The van der Waals surface area contributed by atoms with E-state index < -0.39 is 6.09 Å². The predicted molar refractivity (Wildman–Crippen MR) is 60.9 cm³/mol. The summed E-state index contributed by atoms with van der Waals surface area (Å²) in [5, 5.41) is 12.8. The smallest absolute Gasteiger partial charge is 0.407 e. The number of nitrogens with zero attached hydrogens (tertiary/aromatic N) is 3. The molecule has 0 aliphatic carbocycles. The van der Waals surface area contributed by atoms with Crippen molar-refractivity contribution >= 4 is 6.09 Å². The third-order valence-corrected chi connectivity index (χ3v) is 3.21. The highest BCUT2D eigenvalue weighted by Gasteiger charge is 2.22. The molecule has 1 aromatic heterocycles. The summed E-state index contributed by atoms with van der Waals surface area (Å²) in [7, 11) is 0. The van der Waals surface area contributed by atoms with Crippen LogP contribution in [0.2, 0.25) is 0 Å². The van der Waals surface area contributed by atoms with E-state index in [1.165, 1.54) is 4.90 Å². The molecule has 2 rings (SSSR count). The summed E-state index contributed by atoms with van der Waals surface area (Å²) in [4.78, 5) is 14.4. The lowest BCUT2D eigenvalue weighted by molar-refractivity contribution is 0.102. The Balaban J connectivity index is 1.92. The zero-order valence-corrected chi connectivity index (χ0v) is 10.1. The van der Waals surface area contributed by atoms with Crippen molar-refractivity contribution in [2.75, 3.05) is 26.2 Å². The first-order valence-electron chi connectivity index (χ1n) is 5.70. The number of aromatic nitrogens is 1. The van der Waals surface area contributed by atoms with Gasteiger partial charge in [-0.3, -0.25) is 4.90 Å². The van der Waals surface area contributed by atoms with Gasteiger partial charge in [-0.1, -0.05) is 5.16 Å². The molecule has 1 amide bonds. The first kappa shape index (κ1) is 11.9. The summed E-state index contributed by atoms with van der Waals surface area (Å²) in [6, 6.07) is 0. The highest BCUT2D eigenvalue weighted by molar-refractivity contribution is 5.65. The second-order valence-electron chi connectivity index (χ2n) is 4.35. The van der Waals surface area contributed by atoms with Gasteiger partial charge < -0.3 is 14.5 Å². The van der Waals surface area contributed by atoms with Crippen LogP contribution in [0.4, 0.5) is 4.79 Å². The van der Waals surface area contributed by atoms with Crippen molar-refractivity contribution in [2.24, 2.45) is 0 Å². The molecule has 1 N–H and O–H groups in total. The van der Waals surface area contributed by atoms with Gasteiger partial charge >= 0.3 is 6.09 Å². The van der Waals surface area contributed by atoms with Crippen LogP contribution in [0.15, 0.2) is 4.52 Å². The summed E-state index contributed by atoms with van der Waals surface area (Å²) in [6.07, 6.45) is -0.831. The Hall–Kier alpha value is -1.56. The number of hydrogen-bond acceptors (Lipinski definition) is 4. The number of carboxylic acid groups (broad SMARTS) is 1. The fourth-order valence-electron chi connectivity index (χ4n) is 2.05. The summed E-state index contributed by atoms with van der Waals surface area (Å²) >= 11 is 0. The minimum Gasteiger partial charge on any atom is -0.465 e. The molecule has 6 nitrogen and oxygen atoms in total. The van der Waals surface area contributed by atoms with Crippen LogP contribution in [0.3, 0.4) is 0 Å². The van der Waals surface area contributed by atoms with E-state index in [9.17, 15) is 4.79 Å². The largest absolute Gasteiger partial charge is 0.465 e. The monoisotopic (exact) mass is 239 g/mol. The second kappa shape index (κ2) is 4.75. The zero-order chi connectivity index (χ0) is 12.4. The molecule has 1 aliphatic heterocycles. The molecule has 1 aliphatic rings. The maximum Gasteiger partial charge on any atom is 0.407 e. The number of rotatable bonds is 2. The molecule has 17 heavy (non-hydrogen) atoms. The van der Waals surface area contributed by atoms with E-state index in [0.29, 0.717) is 13.1 Å². The van der Waals surface area contributed by atoms with Crippen LogP contribution < -0.4 is 0 Å². The summed E-state index contributed by atoms with van der Waals surface area (Å²) in [5.41, 5.74) is 2.04. The number of piperazine rings is 1. The standard InChI is InChI=1S/C11H17N3O3/c1-8-10(9(2)17-12-8)7-13-3-5-14(6-4-13)11(15)16/h3-7H2,1-2H3,(H,15,16). The third-order valence-electron chi connectivity index (χ3n) is 3.21. The molecule has 2 heterocycles. The van der Waals surface area contributed by atoms with Gasteiger partial charge in [-0.2, -0.15) is 0 Å². The van der Waals surface area contributed by atoms with Crippen molar-refractivity contribution in [3.8, 4) is 0 Å². The van der Waals surface area contributed by atoms with E-state index in [2.05, 4.69) is 10.1 Å². The van der Waals surface area contributed by atoms with E-state index in [4.69, 9.17) is 9.63 Å². The van der Waals surface area contributed by atoms with Crippen molar-refractivity contribution in [1.29, 1.82) is 0 Å². The molecule has 0 bridgehead atoms. The average molecular weight is 239 g/mol. The molecule has 0 aromatic carbocycles. The van der Waals surface area contributed by atoms with Crippen LogP contribution in [0.5, 0.6) is 0 Å². The highest BCUT2D eigenvalue weighted by Crippen LogP contribution is 2.16. The Morgan fingerprint density at radius 3 is 2.47 bits per heavy atom. The lowest BCUT2D eigenvalue weighted by Crippen LogP contribution is -2.47. The Kier molecular flexibility index (Phi) is 3.33. The van der Waals surface area contributed by atoms with Crippen LogP contribution >= 0.6 is 0 Å². The molecule has 6 heteroatoms. The van der Waals surface area contributed by atoms with Crippen LogP contribution in [-0.4, -0.2) is 52.3 Å². The molecule has 0 unspecified atom stereocenters. The van der Waals surface area contributed by atoms with Gasteiger partial charge in [-0.05, 0) is 13.8 Å². The Labute approximate surface area is 99.8 Å². The molecular weight excluding hydrogens is 222 g/mol. The number of carbonyl (C=O) groups is 1. The van der Waals surface area contributed by atoms with Crippen molar-refractivity contribution < 1.29 is 14.4 Å². The average Bonchev–Trinajstić information content (AvgIpc) is 2.61. The highest BCUT2D eigenvalue weighted by atomic mass is 16.5. The molecule has 1 saturated heterocycles. The number of aryl methyl sites for hydroxylation is 2. The Bertz CT molecular complexity index is 389. The molecule has 0 atom stereocenters. The summed E-state index contributed by atoms with van der Waals surface area (Å²) < 4.78 is 5.11. The lowest BCUT2D eigenvalue weighted by Gasteiger charge is -2.32. The van der Waals surface area contributed by atoms with Gasteiger partial charge in [0.2, 0.25) is 0 Å². The predicted octanol–water partition coefficient (Wildman–Crippen LogP) is 1.09. The van der Waals surface area contributed by atoms with Crippen LogP contribution in [0, 0.1) is 13.8 Å². The van der Waals surface area contributed by atoms with Crippen molar-refractivity contribution in [3.63, 3.8) is 0 Å². The van der Waals surface area contributed by atoms with Gasteiger partial charge in [0.15, 0.2) is 0 Å². The van der Waals surface area contributed by atoms with Crippen molar-refractivity contribution in [2.45, 2.75) is 20.4 Å². The van der Waals surface area contributed by atoms with Gasteiger partial charge in [0.25, 0.3) is 0 Å². The summed E-state index contributed by atoms with van der Waals surface area (Å²) in [6.45, 7) is 7.28. The second-order valence-corrected chi connectivity index (χ2v) is 4.35. The minimum absolute atomic E-state index is 0.568. The Morgan fingerprint density at radius 1 is 1.35 bits per heavy atom.